The first-order valence-electron chi connectivity index (χ1n) is 5.37. The summed E-state index contributed by atoms with van der Waals surface area (Å²) in [7, 11) is 0. The van der Waals surface area contributed by atoms with Crippen molar-refractivity contribution < 1.29 is 23.1 Å². The second-order valence-electron chi connectivity index (χ2n) is 4.73. The summed E-state index contributed by atoms with van der Waals surface area (Å²) in [6.45, 7) is 3.09. The Morgan fingerprint density at radius 1 is 1.37 bits per heavy atom. The van der Waals surface area contributed by atoms with E-state index in [-0.39, 0.29) is 11.4 Å². The van der Waals surface area contributed by atoms with Gasteiger partial charge in [-0.3, -0.25) is 4.79 Å². The fourth-order valence-electron chi connectivity index (χ4n) is 1.18. The Morgan fingerprint density at radius 3 is 2.37 bits per heavy atom. The number of carboxylic acid groups (broad SMARTS) is 1. The van der Waals surface area contributed by atoms with Gasteiger partial charge in [0, 0.05) is 16.3 Å². The van der Waals surface area contributed by atoms with Gasteiger partial charge < -0.3 is 10.8 Å². The number of hydrogen-bond acceptors (Lipinski definition) is 3. The lowest BCUT2D eigenvalue weighted by Gasteiger charge is -2.19. The van der Waals surface area contributed by atoms with Crippen molar-refractivity contribution in [3.63, 3.8) is 0 Å². The SMILES string of the molecule is CC(C)(CSc1ccc(C(F)(F)F)cc1N)C(=O)O. The lowest BCUT2D eigenvalue weighted by Crippen LogP contribution is -2.26. The first-order valence-corrected chi connectivity index (χ1v) is 6.35. The molecule has 0 saturated carbocycles. The van der Waals surface area contributed by atoms with Crippen LogP contribution >= 0.6 is 11.8 Å². The van der Waals surface area contributed by atoms with Gasteiger partial charge in [0.2, 0.25) is 0 Å². The van der Waals surface area contributed by atoms with Crippen LogP contribution in [0.15, 0.2) is 23.1 Å². The van der Waals surface area contributed by atoms with Crippen molar-refractivity contribution in [3.8, 4) is 0 Å². The van der Waals surface area contributed by atoms with Gasteiger partial charge in [-0.15, -0.1) is 11.8 Å². The summed E-state index contributed by atoms with van der Waals surface area (Å²) < 4.78 is 37.3. The molecule has 1 aromatic carbocycles. The molecule has 0 saturated heterocycles. The lowest BCUT2D eigenvalue weighted by molar-refractivity contribution is -0.145. The molecule has 0 bridgehead atoms. The highest BCUT2D eigenvalue weighted by Crippen LogP contribution is 2.36. The average Bonchev–Trinajstić information content (AvgIpc) is 2.25. The Labute approximate surface area is 113 Å². The van der Waals surface area contributed by atoms with Gasteiger partial charge in [-0.25, -0.2) is 0 Å². The van der Waals surface area contributed by atoms with E-state index in [0.717, 1.165) is 23.9 Å². The molecular formula is C12H14F3NO2S. The van der Waals surface area contributed by atoms with Crippen molar-refractivity contribution in [1.29, 1.82) is 0 Å². The third-order valence-corrected chi connectivity index (χ3v) is 4.05. The van der Waals surface area contributed by atoms with E-state index in [1.54, 1.807) is 13.8 Å². The molecule has 0 aliphatic heterocycles. The van der Waals surface area contributed by atoms with Gasteiger partial charge in [-0.2, -0.15) is 13.2 Å². The third-order valence-electron chi connectivity index (χ3n) is 2.50. The van der Waals surface area contributed by atoms with Gasteiger partial charge in [0.1, 0.15) is 0 Å². The summed E-state index contributed by atoms with van der Waals surface area (Å²) in [5, 5.41) is 8.95. The number of rotatable bonds is 4. The summed E-state index contributed by atoms with van der Waals surface area (Å²) in [6, 6.07) is 3.06. The van der Waals surface area contributed by atoms with Crippen LogP contribution in [0, 0.1) is 5.41 Å². The second-order valence-corrected chi connectivity index (χ2v) is 5.75. The first kappa shape index (κ1) is 15.7. The van der Waals surface area contributed by atoms with Crippen LogP contribution in [0.5, 0.6) is 0 Å². The summed E-state index contributed by atoms with van der Waals surface area (Å²) >= 11 is 1.13. The van der Waals surface area contributed by atoms with E-state index < -0.39 is 23.1 Å². The van der Waals surface area contributed by atoms with Crippen molar-refractivity contribution in [3.05, 3.63) is 23.8 Å². The van der Waals surface area contributed by atoms with Crippen LogP contribution in [0.3, 0.4) is 0 Å². The van der Waals surface area contributed by atoms with Gasteiger partial charge in [0.25, 0.3) is 0 Å². The maximum atomic E-state index is 12.4. The normalized spacial score (nSPS) is 12.5. The number of anilines is 1. The highest BCUT2D eigenvalue weighted by Gasteiger charge is 2.31. The van der Waals surface area contributed by atoms with Crippen LogP contribution in [0.4, 0.5) is 18.9 Å². The fourth-order valence-corrected chi connectivity index (χ4v) is 2.21. The molecule has 3 nitrogen and oxygen atoms in total. The van der Waals surface area contributed by atoms with Crippen molar-refractivity contribution in [2.75, 3.05) is 11.5 Å². The molecule has 0 amide bonds. The molecule has 1 rings (SSSR count). The minimum Gasteiger partial charge on any atom is -0.481 e. The Kier molecular flexibility index (Phi) is 4.39. The molecule has 0 aliphatic carbocycles. The molecule has 19 heavy (non-hydrogen) atoms. The quantitative estimate of drug-likeness (QED) is 0.659. The van der Waals surface area contributed by atoms with Gasteiger partial charge in [-0.05, 0) is 32.0 Å². The molecule has 1 aromatic rings. The molecule has 0 atom stereocenters. The number of alkyl halides is 3. The van der Waals surface area contributed by atoms with Crippen LogP contribution in [0.25, 0.3) is 0 Å². The number of nitrogens with two attached hydrogens (primary N) is 1. The molecular weight excluding hydrogens is 279 g/mol. The van der Waals surface area contributed by atoms with E-state index in [1.807, 2.05) is 0 Å². The van der Waals surface area contributed by atoms with Gasteiger partial charge in [0.05, 0.1) is 11.0 Å². The van der Waals surface area contributed by atoms with Gasteiger partial charge in [-0.1, -0.05) is 0 Å². The van der Waals surface area contributed by atoms with Crippen LogP contribution in [0.2, 0.25) is 0 Å². The Morgan fingerprint density at radius 2 is 1.95 bits per heavy atom. The summed E-state index contributed by atoms with van der Waals surface area (Å²) in [4.78, 5) is 11.4. The molecule has 0 unspecified atom stereocenters. The largest absolute Gasteiger partial charge is 0.481 e. The molecule has 0 aliphatic rings. The van der Waals surface area contributed by atoms with Crippen molar-refractivity contribution in [1.82, 2.24) is 0 Å². The zero-order valence-electron chi connectivity index (χ0n) is 10.4. The number of hydrogen-bond donors (Lipinski definition) is 2. The Balaban J connectivity index is 2.85. The molecule has 3 N–H and O–H groups in total. The van der Waals surface area contributed by atoms with Crippen LogP contribution < -0.4 is 5.73 Å². The fraction of sp³-hybridized carbons (Fsp3) is 0.417. The highest BCUT2D eigenvalue weighted by molar-refractivity contribution is 7.99. The molecule has 0 radical (unpaired) electrons. The summed E-state index contributed by atoms with van der Waals surface area (Å²) in [5.74, 6) is -0.747. The number of carbonyl (C=O) groups is 1. The monoisotopic (exact) mass is 293 g/mol. The maximum absolute atomic E-state index is 12.4. The summed E-state index contributed by atoms with van der Waals surface area (Å²) in [6.07, 6.45) is -4.43. The van der Waals surface area contributed by atoms with E-state index in [1.165, 1.54) is 6.07 Å². The van der Waals surface area contributed by atoms with Crippen LogP contribution in [-0.4, -0.2) is 16.8 Å². The van der Waals surface area contributed by atoms with Gasteiger partial charge in [0.15, 0.2) is 0 Å². The zero-order chi connectivity index (χ0) is 14.8. The average molecular weight is 293 g/mol. The van der Waals surface area contributed by atoms with E-state index in [9.17, 15) is 18.0 Å². The number of thioether (sulfide) groups is 1. The zero-order valence-corrected chi connectivity index (χ0v) is 11.2. The second kappa shape index (κ2) is 5.32. The minimum atomic E-state index is -4.43. The number of nitrogen functional groups attached to an aromatic ring is 1. The first-order chi connectivity index (χ1) is 8.54. The van der Waals surface area contributed by atoms with E-state index in [2.05, 4.69) is 0 Å². The topological polar surface area (TPSA) is 63.3 Å². The van der Waals surface area contributed by atoms with E-state index in [0.29, 0.717) is 4.90 Å². The number of benzene rings is 1. The molecule has 0 aromatic heterocycles. The van der Waals surface area contributed by atoms with Crippen molar-refractivity contribution in [2.24, 2.45) is 5.41 Å². The third kappa shape index (κ3) is 4.05. The Hall–Kier alpha value is -1.37. The minimum absolute atomic E-state index is 0.000939. The highest BCUT2D eigenvalue weighted by atomic mass is 32.2. The number of halogens is 3. The number of carboxylic acids is 1. The standard InChI is InChI=1S/C12H14F3NO2S/c1-11(2,10(17)18)6-19-9-4-3-7(5-8(9)16)12(13,14)15/h3-5H,6,16H2,1-2H3,(H,17,18). The molecule has 0 spiro atoms. The molecule has 0 heterocycles. The molecule has 0 fully saturated rings. The lowest BCUT2D eigenvalue weighted by atomic mass is 9.97. The van der Waals surface area contributed by atoms with E-state index >= 15 is 0 Å². The maximum Gasteiger partial charge on any atom is 0.416 e. The van der Waals surface area contributed by atoms with Gasteiger partial charge >= 0.3 is 12.1 Å². The molecule has 7 heteroatoms. The van der Waals surface area contributed by atoms with Crippen molar-refractivity contribution in [2.45, 2.75) is 24.9 Å². The predicted octanol–water partition coefficient (Wildman–Crippen LogP) is 3.49. The van der Waals surface area contributed by atoms with Crippen molar-refractivity contribution >= 4 is 23.4 Å². The smallest absolute Gasteiger partial charge is 0.416 e. The number of aliphatic carboxylic acids is 1. The molecule has 106 valence electrons. The Bertz CT molecular complexity index is 486. The summed E-state index contributed by atoms with van der Waals surface area (Å²) in [5.41, 5.74) is 3.77. The predicted molar refractivity (Wildman–Crippen MR) is 68.0 cm³/mol. The van der Waals surface area contributed by atoms with Crippen LogP contribution in [-0.2, 0) is 11.0 Å². The van der Waals surface area contributed by atoms with Crippen LogP contribution in [0.1, 0.15) is 19.4 Å². The van der Waals surface area contributed by atoms with E-state index in [4.69, 9.17) is 10.8 Å².